The fourth-order valence-electron chi connectivity index (χ4n) is 3.60. The van der Waals surface area contributed by atoms with Crippen molar-refractivity contribution in [3.8, 4) is 0 Å². The number of nitrogens with zero attached hydrogens (tertiary/aromatic N) is 3. The molecule has 0 radical (unpaired) electrons. The summed E-state index contributed by atoms with van der Waals surface area (Å²) in [5.41, 5.74) is 1.62. The molecule has 6 heteroatoms. The SMILES string of the molecule is CCC(=O)N1Cc2nc(NC3CCC(O)CC3)ncc2C1(C)C. The molecule has 0 unspecified atom stereocenters. The van der Waals surface area contributed by atoms with Crippen molar-refractivity contribution in [1.82, 2.24) is 14.9 Å². The van der Waals surface area contributed by atoms with Crippen LogP contribution in [0.2, 0.25) is 0 Å². The molecule has 1 fully saturated rings. The summed E-state index contributed by atoms with van der Waals surface area (Å²) < 4.78 is 0. The molecule has 0 atom stereocenters. The Morgan fingerprint density at radius 2 is 2.09 bits per heavy atom. The van der Waals surface area contributed by atoms with Gasteiger partial charge in [0.2, 0.25) is 11.9 Å². The van der Waals surface area contributed by atoms with Gasteiger partial charge in [-0.15, -0.1) is 0 Å². The van der Waals surface area contributed by atoms with Gasteiger partial charge in [-0.05, 0) is 39.5 Å². The third-order valence-electron chi connectivity index (χ3n) is 5.14. The monoisotopic (exact) mass is 318 g/mol. The predicted octanol–water partition coefficient (Wildman–Crippen LogP) is 2.18. The van der Waals surface area contributed by atoms with Crippen LogP contribution in [-0.2, 0) is 16.9 Å². The zero-order chi connectivity index (χ0) is 16.6. The Morgan fingerprint density at radius 3 is 2.74 bits per heavy atom. The summed E-state index contributed by atoms with van der Waals surface area (Å²) in [5, 5.41) is 13.0. The minimum Gasteiger partial charge on any atom is -0.393 e. The van der Waals surface area contributed by atoms with Crippen LogP contribution in [-0.4, -0.2) is 38.0 Å². The lowest BCUT2D eigenvalue weighted by atomic mass is 9.93. The summed E-state index contributed by atoms with van der Waals surface area (Å²) in [6, 6.07) is 0.319. The molecule has 0 spiro atoms. The molecule has 23 heavy (non-hydrogen) atoms. The Kier molecular flexibility index (Phi) is 4.27. The first kappa shape index (κ1) is 16.2. The summed E-state index contributed by atoms with van der Waals surface area (Å²) in [6.07, 6.45) is 5.72. The fraction of sp³-hybridized carbons (Fsp3) is 0.706. The number of hydrogen-bond acceptors (Lipinski definition) is 5. The van der Waals surface area contributed by atoms with Gasteiger partial charge in [-0.2, -0.15) is 0 Å². The van der Waals surface area contributed by atoms with Crippen molar-refractivity contribution < 1.29 is 9.90 Å². The third-order valence-corrected chi connectivity index (χ3v) is 5.14. The van der Waals surface area contributed by atoms with Crippen molar-refractivity contribution in [2.24, 2.45) is 0 Å². The highest BCUT2D eigenvalue weighted by atomic mass is 16.3. The van der Waals surface area contributed by atoms with E-state index in [9.17, 15) is 9.90 Å². The molecule has 1 aliphatic heterocycles. The number of rotatable bonds is 3. The van der Waals surface area contributed by atoms with E-state index in [1.165, 1.54) is 0 Å². The fourth-order valence-corrected chi connectivity index (χ4v) is 3.60. The molecule has 1 amide bonds. The van der Waals surface area contributed by atoms with Crippen molar-refractivity contribution in [1.29, 1.82) is 0 Å². The van der Waals surface area contributed by atoms with Crippen LogP contribution in [0, 0.1) is 0 Å². The molecule has 1 aromatic rings. The van der Waals surface area contributed by atoms with Crippen LogP contribution in [0.4, 0.5) is 5.95 Å². The van der Waals surface area contributed by atoms with Crippen LogP contribution in [0.3, 0.4) is 0 Å². The summed E-state index contributed by atoms with van der Waals surface area (Å²) >= 11 is 0. The number of anilines is 1. The number of hydrogen-bond donors (Lipinski definition) is 2. The second-order valence-electron chi connectivity index (χ2n) is 7.10. The summed E-state index contributed by atoms with van der Waals surface area (Å²) in [4.78, 5) is 23.2. The van der Waals surface area contributed by atoms with E-state index in [1.807, 2.05) is 31.9 Å². The molecule has 2 heterocycles. The Bertz CT molecular complexity index is 594. The van der Waals surface area contributed by atoms with Crippen LogP contribution >= 0.6 is 0 Å². The average Bonchev–Trinajstić information content (AvgIpc) is 2.80. The van der Waals surface area contributed by atoms with E-state index < -0.39 is 0 Å². The molecule has 2 N–H and O–H groups in total. The first-order chi connectivity index (χ1) is 10.9. The predicted molar refractivity (Wildman–Crippen MR) is 87.8 cm³/mol. The van der Waals surface area contributed by atoms with Gasteiger partial charge in [-0.1, -0.05) is 6.92 Å². The van der Waals surface area contributed by atoms with Gasteiger partial charge in [0.1, 0.15) is 0 Å². The Balaban J connectivity index is 1.75. The normalized spacial score (nSPS) is 26.0. The van der Waals surface area contributed by atoms with Crippen molar-refractivity contribution in [3.05, 3.63) is 17.5 Å². The van der Waals surface area contributed by atoms with Gasteiger partial charge in [0.15, 0.2) is 0 Å². The van der Waals surface area contributed by atoms with E-state index in [0.29, 0.717) is 25.0 Å². The van der Waals surface area contributed by atoms with Crippen molar-refractivity contribution in [3.63, 3.8) is 0 Å². The molecular weight excluding hydrogens is 292 g/mol. The molecule has 0 aromatic carbocycles. The number of aliphatic hydroxyl groups excluding tert-OH is 1. The van der Waals surface area contributed by atoms with Gasteiger partial charge in [0, 0.05) is 24.2 Å². The van der Waals surface area contributed by atoms with Crippen LogP contribution in [0.15, 0.2) is 6.20 Å². The first-order valence-corrected chi connectivity index (χ1v) is 8.53. The van der Waals surface area contributed by atoms with Crippen molar-refractivity contribution in [2.75, 3.05) is 5.32 Å². The van der Waals surface area contributed by atoms with Gasteiger partial charge < -0.3 is 15.3 Å². The molecule has 0 bridgehead atoms. The number of fused-ring (bicyclic) bond motifs is 1. The van der Waals surface area contributed by atoms with Gasteiger partial charge in [0.05, 0.1) is 23.9 Å². The zero-order valence-corrected chi connectivity index (χ0v) is 14.2. The maximum Gasteiger partial charge on any atom is 0.223 e. The number of aliphatic hydroxyl groups is 1. The smallest absolute Gasteiger partial charge is 0.223 e. The van der Waals surface area contributed by atoms with E-state index in [-0.39, 0.29) is 17.6 Å². The van der Waals surface area contributed by atoms with E-state index in [0.717, 1.165) is 36.9 Å². The third kappa shape index (κ3) is 3.04. The van der Waals surface area contributed by atoms with Gasteiger partial charge in [0.25, 0.3) is 0 Å². The van der Waals surface area contributed by atoms with E-state index in [1.54, 1.807) is 0 Å². The minimum absolute atomic E-state index is 0.142. The molecule has 1 saturated carbocycles. The Labute approximate surface area is 137 Å². The molecule has 126 valence electrons. The highest BCUT2D eigenvalue weighted by Crippen LogP contribution is 2.38. The lowest BCUT2D eigenvalue weighted by molar-refractivity contribution is -0.136. The minimum atomic E-state index is -0.351. The summed E-state index contributed by atoms with van der Waals surface area (Å²) in [7, 11) is 0. The van der Waals surface area contributed by atoms with E-state index >= 15 is 0 Å². The zero-order valence-electron chi connectivity index (χ0n) is 14.2. The van der Waals surface area contributed by atoms with E-state index in [2.05, 4.69) is 15.3 Å². The van der Waals surface area contributed by atoms with Crippen LogP contribution < -0.4 is 5.32 Å². The van der Waals surface area contributed by atoms with Gasteiger partial charge >= 0.3 is 0 Å². The summed E-state index contributed by atoms with van der Waals surface area (Å²) in [5.74, 6) is 0.774. The quantitative estimate of drug-likeness (QED) is 0.893. The number of carbonyl (C=O) groups is 1. The van der Waals surface area contributed by atoms with Crippen molar-refractivity contribution in [2.45, 2.75) is 77.1 Å². The topological polar surface area (TPSA) is 78.4 Å². The molecular formula is C17H26N4O2. The van der Waals surface area contributed by atoms with Gasteiger partial charge in [-0.25, -0.2) is 9.97 Å². The number of amides is 1. The lowest BCUT2D eigenvalue weighted by Gasteiger charge is -2.31. The van der Waals surface area contributed by atoms with Gasteiger partial charge in [-0.3, -0.25) is 4.79 Å². The first-order valence-electron chi connectivity index (χ1n) is 8.53. The van der Waals surface area contributed by atoms with E-state index in [4.69, 9.17) is 0 Å². The standard InChI is InChI=1S/C17H26N4O2/c1-4-15(23)21-10-14-13(17(21,2)3)9-18-16(20-14)19-11-5-7-12(22)8-6-11/h9,11-12,22H,4-8,10H2,1-3H3,(H,18,19,20). The molecule has 1 aromatic heterocycles. The number of nitrogens with one attached hydrogen (secondary N) is 1. The average molecular weight is 318 g/mol. The van der Waals surface area contributed by atoms with Crippen LogP contribution in [0.25, 0.3) is 0 Å². The molecule has 3 rings (SSSR count). The Hall–Kier alpha value is -1.69. The molecule has 2 aliphatic rings. The second kappa shape index (κ2) is 6.07. The maximum atomic E-state index is 12.2. The summed E-state index contributed by atoms with van der Waals surface area (Å²) in [6.45, 7) is 6.53. The second-order valence-corrected chi connectivity index (χ2v) is 7.10. The Morgan fingerprint density at radius 1 is 1.39 bits per heavy atom. The molecule has 6 nitrogen and oxygen atoms in total. The van der Waals surface area contributed by atoms with Crippen molar-refractivity contribution >= 4 is 11.9 Å². The number of aromatic nitrogens is 2. The van der Waals surface area contributed by atoms with Crippen LogP contribution in [0.1, 0.15) is 64.1 Å². The highest BCUT2D eigenvalue weighted by molar-refractivity contribution is 5.77. The molecule has 1 aliphatic carbocycles. The highest BCUT2D eigenvalue weighted by Gasteiger charge is 2.41. The number of carbonyl (C=O) groups excluding carboxylic acids is 1. The molecule has 0 saturated heterocycles. The van der Waals surface area contributed by atoms with Crippen LogP contribution in [0.5, 0.6) is 0 Å². The largest absolute Gasteiger partial charge is 0.393 e. The lowest BCUT2D eigenvalue weighted by Crippen LogP contribution is -2.39. The maximum absolute atomic E-state index is 12.2.